The smallest absolute Gasteiger partial charge is 0.243 e. The summed E-state index contributed by atoms with van der Waals surface area (Å²) in [5.74, 6) is -0.168. The number of carbonyl (C=O) groups is 1. The van der Waals surface area contributed by atoms with Crippen LogP contribution in [-0.2, 0) is 14.8 Å². The zero-order chi connectivity index (χ0) is 22.4. The molecule has 0 spiro atoms. The maximum Gasteiger partial charge on any atom is 0.243 e. The van der Waals surface area contributed by atoms with Gasteiger partial charge in [0.2, 0.25) is 15.9 Å². The number of nitrogens with one attached hydrogen (secondary N) is 2. The fourth-order valence-electron chi connectivity index (χ4n) is 2.92. The van der Waals surface area contributed by atoms with Gasteiger partial charge < -0.3 is 10.1 Å². The molecule has 164 valence electrons. The number of ether oxygens (including phenoxy) is 1. The van der Waals surface area contributed by atoms with E-state index < -0.39 is 21.7 Å². The van der Waals surface area contributed by atoms with E-state index in [1.165, 1.54) is 24.3 Å². The van der Waals surface area contributed by atoms with Crippen LogP contribution in [0.3, 0.4) is 0 Å². The molecule has 3 aromatic rings. The summed E-state index contributed by atoms with van der Waals surface area (Å²) in [4.78, 5) is 12.5. The van der Waals surface area contributed by atoms with Gasteiger partial charge in [0.05, 0.1) is 23.7 Å². The Hall–Kier alpha value is -3.24. The number of rotatable bonds is 9. The summed E-state index contributed by atoms with van der Waals surface area (Å²) in [7, 11) is -3.87. The third-order valence-electron chi connectivity index (χ3n) is 4.43. The van der Waals surface area contributed by atoms with Crippen LogP contribution in [0, 0.1) is 5.82 Å². The Morgan fingerprint density at radius 1 is 1.16 bits per heavy atom. The lowest BCUT2D eigenvalue weighted by atomic mass is 10.1. The third-order valence-corrected chi connectivity index (χ3v) is 6.36. The molecule has 0 unspecified atom stereocenters. The van der Waals surface area contributed by atoms with Crippen molar-refractivity contribution in [3.05, 3.63) is 60.4 Å². The lowest BCUT2D eigenvalue weighted by molar-refractivity contribution is -0.116. The summed E-state index contributed by atoms with van der Waals surface area (Å²) in [6.45, 7) is 3.69. The van der Waals surface area contributed by atoms with Crippen LogP contribution in [0.5, 0.6) is 5.75 Å². The van der Waals surface area contributed by atoms with Gasteiger partial charge in [-0.1, -0.05) is 19.1 Å². The predicted molar refractivity (Wildman–Crippen MR) is 115 cm³/mol. The normalized spacial score (nSPS) is 11.5. The van der Waals surface area contributed by atoms with Crippen molar-refractivity contribution in [1.82, 2.24) is 14.5 Å². The SMILES string of the molecule is CCOc1ccc(S(=O)(=O)N(CC)CC(=O)Nc2cc(-c3cccc(F)c3)[nH]n2)cc1. The molecule has 0 aliphatic heterocycles. The van der Waals surface area contributed by atoms with Crippen molar-refractivity contribution in [2.45, 2.75) is 18.7 Å². The minimum Gasteiger partial charge on any atom is -0.494 e. The van der Waals surface area contributed by atoms with E-state index in [1.807, 2.05) is 6.92 Å². The van der Waals surface area contributed by atoms with Gasteiger partial charge in [-0.05, 0) is 43.3 Å². The second kappa shape index (κ2) is 9.71. The van der Waals surface area contributed by atoms with Gasteiger partial charge in [0.1, 0.15) is 11.6 Å². The van der Waals surface area contributed by atoms with E-state index in [2.05, 4.69) is 15.5 Å². The van der Waals surface area contributed by atoms with E-state index in [4.69, 9.17) is 4.74 Å². The predicted octanol–water partition coefficient (Wildman–Crippen LogP) is 3.26. The number of likely N-dealkylation sites (N-methyl/N-ethyl adjacent to an activating group) is 1. The highest BCUT2D eigenvalue weighted by Gasteiger charge is 2.25. The summed E-state index contributed by atoms with van der Waals surface area (Å²) in [6.07, 6.45) is 0. The molecular weight excluding hydrogens is 423 g/mol. The van der Waals surface area contributed by atoms with Crippen LogP contribution in [0.15, 0.2) is 59.5 Å². The zero-order valence-corrected chi connectivity index (χ0v) is 17.9. The Morgan fingerprint density at radius 2 is 1.90 bits per heavy atom. The number of nitrogens with zero attached hydrogens (tertiary/aromatic N) is 2. The van der Waals surface area contributed by atoms with Crippen molar-refractivity contribution >= 4 is 21.7 Å². The molecule has 2 N–H and O–H groups in total. The van der Waals surface area contributed by atoms with E-state index in [0.29, 0.717) is 23.6 Å². The van der Waals surface area contributed by atoms with Crippen LogP contribution in [-0.4, -0.2) is 48.5 Å². The number of anilines is 1. The summed E-state index contributed by atoms with van der Waals surface area (Å²) in [5, 5.41) is 9.26. The molecule has 31 heavy (non-hydrogen) atoms. The second-order valence-electron chi connectivity index (χ2n) is 6.56. The number of aromatic nitrogens is 2. The molecule has 0 aliphatic rings. The van der Waals surface area contributed by atoms with E-state index in [1.54, 1.807) is 37.3 Å². The number of carbonyl (C=O) groups excluding carboxylic acids is 1. The molecule has 0 saturated carbocycles. The molecule has 2 aromatic carbocycles. The highest BCUT2D eigenvalue weighted by molar-refractivity contribution is 7.89. The first-order chi connectivity index (χ1) is 14.8. The first kappa shape index (κ1) is 22.4. The molecule has 1 aromatic heterocycles. The molecule has 1 heterocycles. The van der Waals surface area contributed by atoms with Gasteiger partial charge in [0.25, 0.3) is 0 Å². The van der Waals surface area contributed by atoms with Crippen LogP contribution in [0.2, 0.25) is 0 Å². The van der Waals surface area contributed by atoms with Gasteiger partial charge in [-0.2, -0.15) is 9.40 Å². The Balaban J connectivity index is 1.68. The molecule has 0 atom stereocenters. The topological polar surface area (TPSA) is 104 Å². The maximum atomic E-state index is 13.4. The average Bonchev–Trinajstić information content (AvgIpc) is 3.21. The van der Waals surface area contributed by atoms with E-state index in [9.17, 15) is 17.6 Å². The van der Waals surface area contributed by atoms with Crippen molar-refractivity contribution in [3.63, 3.8) is 0 Å². The third kappa shape index (κ3) is 5.47. The maximum absolute atomic E-state index is 13.4. The lowest BCUT2D eigenvalue weighted by Gasteiger charge is -2.20. The number of sulfonamides is 1. The quantitative estimate of drug-likeness (QED) is 0.525. The number of hydrogen-bond acceptors (Lipinski definition) is 5. The molecule has 10 heteroatoms. The van der Waals surface area contributed by atoms with E-state index in [-0.39, 0.29) is 23.8 Å². The number of H-pyrrole nitrogens is 1. The minimum atomic E-state index is -3.87. The first-order valence-electron chi connectivity index (χ1n) is 9.67. The summed E-state index contributed by atoms with van der Waals surface area (Å²) >= 11 is 0. The highest BCUT2D eigenvalue weighted by atomic mass is 32.2. The lowest BCUT2D eigenvalue weighted by Crippen LogP contribution is -2.37. The molecule has 0 fully saturated rings. The van der Waals surface area contributed by atoms with E-state index in [0.717, 1.165) is 4.31 Å². The van der Waals surface area contributed by atoms with Crippen LogP contribution in [0.4, 0.5) is 10.2 Å². The van der Waals surface area contributed by atoms with Crippen LogP contribution in [0.1, 0.15) is 13.8 Å². The zero-order valence-electron chi connectivity index (χ0n) is 17.1. The molecule has 0 saturated heterocycles. The minimum absolute atomic E-state index is 0.0683. The van der Waals surface area contributed by atoms with Crippen LogP contribution in [0.25, 0.3) is 11.3 Å². The molecule has 1 amide bonds. The van der Waals surface area contributed by atoms with Gasteiger partial charge in [0, 0.05) is 18.2 Å². The Morgan fingerprint density at radius 3 is 2.55 bits per heavy atom. The number of amides is 1. The van der Waals surface area contributed by atoms with Crippen molar-refractivity contribution in [1.29, 1.82) is 0 Å². The number of benzene rings is 2. The number of aromatic amines is 1. The van der Waals surface area contributed by atoms with Gasteiger partial charge >= 0.3 is 0 Å². The summed E-state index contributed by atoms with van der Waals surface area (Å²) < 4.78 is 45.6. The average molecular weight is 447 g/mol. The molecule has 0 radical (unpaired) electrons. The number of halogens is 1. The van der Waals surface area contributed by atoms with Crippen LogP contribution < -0.4 is 10.1 Å². The monoisotopic (exact) mass is 446 g/mol. The van der Waals surface area contributed by atoms with Crippen molar-refractivity contribution in [2.75, 3.05) is 25.0 Å². The summed E-state index contributed by atoms with van der Waals surface area (Å²) in [5.41, 5.74) is 1.09. The Labute approximate surface area is 180 Å². The van der Waals surface area contributed by atoms with Crippen molar-refractivity contribution < 1.29 is 22.3 Å². The summed E-state index contributed by atoms with van der Waals surface area (Å²) in [6, 6.07) is 13.5. The molecule has 8 nitrogen and oxygen atoms in total. The van der Waals surface area contributed by atoms with Gasteiger partial charge in [-0.25, -0.2) is 12.8 Å². The van der Waals surface area contributed by atoms with E-state index >= 15 is 0 Å². The van der Waals surface area contributed by atoms with Gasteiger partial charge in [-0.3, -0.25) is 9.89 Å². The van der Waals surface area contributed by atoms with Gasteiger partial charge in [0.15, 0.2) is 5.82 Å². The Kier molecular flexibility index (Phi) is 7.03. The Bertz CT molecular complexity index is 1150. The standard InChI is InChI=1S/C21H23FN4O4S/c1-3-26(31(28,29)18-10-8-17(9-11-18)30-4-2)14-21(27)23-20-13-19(24-25-20)15-6-5-7-16(22)12-15/h5-13H,3-4,14H2,1-2H3,(H2,23,24,25,27). The number of hydrogen-bond donors (Lipinski definition) is 2. The first-order valence-corrected chi connectivity index (χ1v) is 11.1. The van der Waals surface area contributed by atoms with Crippen molar-refractivity contribution in [2.24, 2.45) is 0 Å². The molecule has 0 bridgehead atoms. The molecular formula is C21H23FN4O4S. The largest absolute Gasteiger partial charge is 0.494 e. The fourth-order valence-corrected chi connectivity index (χ4v) is 4.33. The molecule has 0 aliphatic carbocycles. The second-order valence-corrected chi connectivity index (χ2v) is 8.50. The van der Waals surface area contributed by atoms with Gasteiger partial charge in [-0.15, -0.1) is 0 Å². The van der Waals surface area contributed by atoms with Crippen molar-refractivity contribution in [3.8, 4) is 17.0 Å². The van der Waals surface area contributed by atoms with Crippen LogP contribution >= 0.6 is 0 Å². The fraction of sp³-hybridized carbons (Fsp3) is 0.238. The molecule has 3 rings (SSSR count). The highest BCUT2D eigenvalue weighted by Crippen LogP contribution is 2.22.